The first-order valence-electron chi connectivity index (χ1n) is 7.93. The van der Waals surface area contributed by atoms with Crippen LogP contribution < -0.4 is 5.32 Å². The van der Waals surface area contributed by atoms with Crippen molar-refractivity contribution in [2.45, 2.75) is 32.3 Å². The summed E-state index contributed by atoms with van der Waals surface area (Å²) in [5, 5.41) is 2.73. The standard InChI is InChI=1S/C17H23FN2O3/c1-13(21)20(12-15-6-4-10-23-15)9-8-19-17(22)11-14-5-2-3-7-16(14)18/h2-3,5,7,15H,4,6,8-12H2,1H3,(H,19,22). The lowest BCUT2D eigenvalue weighted by Crippen LogP contribution is -2.41. The van der Waals surface area contributed by atoms with Crippen LogP contribution in [0.5, 0.6) is 0 Å². The molecular weight excluding hydrogens is 299 g/mol. The first-order chi connectivity index (χ1) is 11.1. The van der Waals surface area contributed by atoms with Crippen LogP contribution in [0.1, 0.15) is 25.3 Å². The first-order valence-corrected chi connectivity index (χ1v) is 7.93. The lowest BCUT2D eigenvalue weighted by molar-refractivity contribution is -0.131. The van der Waals surface area contributed by atoms with E-state index in [1.807, 2.05) is 0 Å². The van der Waals surface area contributed by atoms with Gasteiger partial charge in [0, 0.05) is 33.2 Å². The molecule has 0 bridgehead atoms. The molecule has 1 N–H and O–H groups in total. The minimum absolute atomic E-state index is 0.00151. The highest BCUT2D eigenvalue weighted by Crippen LogP contribution is 2.13. The highest BCUT2D eigenvalue weighted by atomic mass is 19.1. The topological polar surface area (TPSA) is 58.6 Å². The van der Waals surface area contributed by atoms with Gasteiger partial charge in [0.05, 0.1) is 12.5 Å². The zero-order valence-electron chi connectivity index (χ0n) is 13.4. The summed E-state index contributed by atoms with van der Waals surface area (Å²) < 4.78 is 19.0. The molecule has 2 amide bonds. The number of carbonyl (C=O) groups excluding carboxylic acids is 2. The maximum atomic E-state index is 13.5. The number of ether oxygens (including phenoxy) is 1. The molecule has 1 heterocycles. The number of amides is 2. The predicted octanol–water partition coefficient (Wildman–Crippen LogP) is 1.51. The molecular formula is C17H23FN2O3. The monoisotopic (exact) mass is 322 g/mol. The molecule has 6 heteroatoms. The first kappa shape index (κ1) is 17.4. The van der Waals surface area contributed by atoms with Gasteiger partial charge in [0.1, 0.15) is 5.82 Å². The summed E-state index contributed by atoms with van der Waals surface area (Å²) in [5.41, 5.74) is 0.368. The molecule has 0 aliphatic carbocycles. The fourth-order valence-corrected chi connectivity index (χ4v) is 2.62. The molecule has 1 atom stereocenters. The molecule has 2 rings (SSSR count). The molecule has 0 radical (unpaired) electrons. The zero-order chi connectivity index (χ0) is 16.7. The van der Waals surface area contributed by atoms with Crippen molar-refractivity contribution >= 4 is 11.8 Å². The van der Waals surface area contributed by atoms with E-state index in [2.05, 4.69) is 5.32 Å². The average molecular weight is 322 g/mol. The predicted molar refractivity (Wildman–Crippen MR) is 84.3 cm³/mol. The summed E-state index contributed by atoms with van der Waals surface area (Å²) in [5.74, 6) is -0.675. The Morgan fingerprint density at radius 1 is 1.39 bits per heavy atom. The Bertz CT molecular complexity index is 544. The van der Waals surface area contributed by atoms with Crippen molar-refractivity contribution in [3.63, 3.8) is 0 Å². The second kappa shape index (κ2) is 8.62. The fourth-order valence-electron chi connectivity index (χ4n) is 2.62. The van der Waals surface area contributed by atoms with Gasteiger partial charge in [-0.1, -0.05) is 18.2 Å². The van der Waals surface area contributed by atoms with E-state index >= 15 is 0 Å². The van der Waals surface area contributed by atoms with Gasteiger partial charge >= 0.3 is 0 Å². The highest BCUT2D eigenvalue weighted by Gasteiger charge is 2.20. The summed E-state index contributed by atoms with van der Waals surface area (Å²) in [6.07, 6.45) is 2.07. The van der Waals surface area contributed by atoms with Gasteiger partial charge in [0.2, 0.25) is 11.8 Å². The Morgan fingerprint density at radius 3 is 2.83 bits per heavy atom. The van der Waals surface area contributed by atoms with Crippen LogP contribution in [0.15, 0.2) is 24.3 Å². The molecule has 23 heavy (non-hydrogen) atoms. The van der Waals surface area contributed by atoms with Crippen molar-refractivity contribution in [2.24, 2.45) is 0 Å². The van der Waals surface area contributed by atoms with E-state index < -0.39 is 0 Å². The Labute approximate surface area is 135 Å². The van der Waals surface area contributed by atoms with Crippen molar-refractivity contribution in [1.29, 1.82) is 0 Å². The molecule has 1 aromatic rings. The normalized spacial score (nSPS) is 17.0. The number of nitrogens with one attached hydrogen (secondary N) is 1. The van der Waals surface area contributed by atoms with Crippen LogP contribution in [0.25, 0.3) is 0 Å². The SMILES string of the molecule is CC(=O)N(CCNC(=O)Cc1ccccc1F)CC1CCCO1. The molecule has 0 saturated carbocycles. The van der Waals surface area contributed by atoms with Crippen LogP contribution in [-0.4, -0.2) is 49.1 Å². The maximum Gasteiger partial charge on any atom is 0.224 e. The Morgan fingerprint density at radius 2 is 2.17 bits per heavy atom. The van der Waals surface area contributed by atoms with Gasteiger partial charge in [-0.2, -0.15) is 0 Å². The quantitative estimate of drug-likeness (QED) is 0.828. The summed E-state index contributed by atoms with van der Waals surface area (Å²) in [6.45, 7) is 3.59. The number of rotatable bonds is 7. The second-order valence-electron chi connectivity index (χ2n) is 5.72. The van der Waals surface area contributed by atoms with E-state index in [-0.39, 0.29) is 30.2 Å². The molecule has 0 spiro atoms. The van der Waals surface area contributed by atoms with Gasteiger partial charge in [0.15, 0.2) is 0 Å². The maximum absolute atomic E-state index is 13.5. The number of halogens is 1. The van der Waals surface area contributed by atoms with Crippen molar-refractivity contribution in [2.75, 3.05) is 26.2 Å². The highest BCUT2D eigenvalue weighted by molar-refractivity contribution is 5.78. The third-order valence-electron chi connectivity index (χ3n) is 3.91. The molecule has 1 aliphatic rings. The van der Waals surface area contributed by atoms with Crippen molar-refractivity contribution in [3.05, 3.63) is 35.6 Å². The largest absolute Gasteiger partial charge is 0.376 e. The second-order valence-corrected chi connectivity index (χ2v) is 5.72. The molecule has 1 aromatic carbocycles. The lowest BCUT2D eigenvalue weighted by atomic mass is 10.1. The Hall–Kier alpha value is -1.95. The van der Waals surface area contributed by atoms with E-state index in [0.717, 1.165) is 19.4 Å². The fraction of sp³-hybridized carbons (Fsp3) is 0.529. The third-order valence-corrected chi connectivity index (χ3v) is 3.91. The molecule has 1 fully saturated rings. The molecule has 126 valence electrons. The zero-order valence-corrected chi connectivity index (χ0v) is 13.4. The summed E-state index contributed by atoms with van der Waals surface area (Å²) >= 11 is 0. The molecule has 5 nitrogen and oxygen atoms in total. The van der Waals surface area contributed by atoms with Gasteiger partial charge < -0.3 is 15.0 Å². The summed E-state index contributed by atoms with van der Waals surface area (Å²) in [4.78, 5) is 25.2. The van der Waals surface area contributed by atoms with Gasteiger partial charge in [-0.05, 0) is 24.5 Å². The molecule has 0 aromatic heterocycles. The third kappa shape index (κ3) is 5.63. The van der Waals surface area contributed by atoms with Crippen LogP contribution in [0.4, 0.5) is 4.39 Å². The van der Waals surface area contributed by atoms with Crippen LogP contribution in [0.2, 0.25) is 0 Å². The van der Waals surface area contributed by atoms with Crippen molar-refractivity contribution in [1.82, 2.24) is 10.2 Å². The molecule has 1 unspecified atom stereocenters. The Kier molecular flexibility index (Phi) is 6.52. The lowest BCUT2D eigenvalue weighted by Gasteiger charge is -2.24. The van der Waals surface area contributed by atoms with Crippen molar-refractivity contribution < 1.29 is 18.7 Å². The van der Waals surface area contributed by atoms with Crippen LogP contribution in [0, 0.1) is 5.82 Å². The summed E-state index contributed by atoms with van der Waals surface area (Å²) in [7, 11) is 0. The van der Waals surface area contributed by atoms with E-state index in [9.17, 15) is 14.0 Å². The smallest absolute Gasteiger partial charge is 0.224 e. The average Bonchev–Trinajstić information content (AvgIpc) is 3.01. The van der Waals surface area contributed by atoms with Gasteiger partial charge in [-0.25, -0.2) is 4.39 Å². The summed E-state index contributed by atoms with van der Waals surface area (Å²) in [6, 6.07) is 6.22. The van der Waals surface area contributed by atoms with Gasteiger partial charge in [-0.15, -0.1) is 0 Å². The van der Waals surface area contributed by atoms with Crippen LogP contribution in [-0.2, 0) is 20.7 Å². The number of hydrogen-bond acceptors (Lipinski definition) is 3. The van der Waals surface area contributed by atoms with E-state index in [1.54, 1.807) is 23.1 Å². The number of nitrogens with zero attached hydrogens (tertiary/aromatic N) is 1. The number of carbonyl (C=O) groups is 2. The molecule has 1 aliphatic heterocycles. The van der Waals surface area contributed by atoms with Gasteiger partial charge in [0.25, 0.3) is 0 Å². The van der Waals surface area contributed by atoms with E-state index in [1.165, 1.54) is 13.0 Å². The van der Waals surface area contributed by atoms with Crippen LogP contribution >= 0.6 is 0 Å². The number of hydrogen-bond donors (Lipinski definition) is 1. The van der Waals surface area contributed by atoms with E-state index in [0.29, 0.717) is 25.2 Å². The number of benzene rings is 1. The minimum atomic E-state index is -0.383. The minimum Gasteiger partial charge on any atom is -0.376 e. The molecule has 1 saturated heterocycles. The Balaban J connectivity index is 1.74. The van der Waals surface area contributed by atoms with E-state index in [4.69, 9.17) is 4.74 Å². The van der Waals surface area contributed by atoms with Gasteiger partial charge in [-0.3, -0.25) is 9.59 Å². The van der Waals surface area contributed by atoms with Crippen LogP contribution in [0.3, 0.4) is 0 Å². The van der Waals surface area contributed by atoms with Crippen molar-refractivity contribution in [3.8, 4) is 0 Å².